The van der Waals surface area contributed by atoms with E-state index in [9.17, 15) is 4.79 Å². The minimum Gasteiger partial charge on any atom is -0.338 e. The third-order valence-electron chi connectivity index (χ3n) is 3.44. The van der Waals surface area contributed by atoms with Crippen LogP contribution in [-0.4, -0.2) is 34.2 Å². The summed E-state index contributed by atoms with van der Waals surface area (Å²) >= 11 is 0. The third kappa shape index (κ3) is 2.49. The number of aromatic amines is 1. The topological polar surface area (TPSA) is 61.0 Å². The molecule has 0 saturated carbocycles. The monoisotopic (exact) mass is 250 g/mol. The van der Waals surface area contributed by atoms with Crippen LogP contribution >= 0.6 is 0 Å². The molecule has 0 aromatic carbocycles. The van der Waals surface area contributed by atoms with Crippen LogP contribution in [0.4, 0.5) is 4.79 Å². The molecular formula is C13H22N4O. The molecule has 5 nitrogen and oxygen atoms in total. The van der Waals surface area contributed by atoms with Crippen molar-refractivity contribution >= 4 is 6.03 Å². The van der Waals surface area contributed by atoms with Crippen LogP contribution in [-0.2, 0) is 12.0 Å². The number of hydrogen-bond acceptors (Lipinski definition) is 2. The van der Waals surface area contributed by atoms with Gasteiger partial charge in [0.2, 0.25) is 0 Å². The van der Waals surface area contributed by atoms with Crippen molar-refractivity contribution < 1.29 is 4.79 Å². The van der Waals surface area contributed by atoms with Gasteiger partial charge in [-0.25, -0.2) is 4.79 Å². The number of H-pyrrole nitrogens is 1. The lowest BCUT2D eigenvalue weighted by molar-refractivity contribution is 0.173. The highest BCUT2D eigenvalue weighted by molar-refractivity contribution is 5.74. The van der Waals surface area contributed by atoms with E-state index in [0.717, 1.165) is 37.2 Å². The van der Waals surface area contributed by atoms with Gasteiger partial charge in [0.05, 0.1) is 12.7 Å². The average molecular weight is 250 g/mol. The minimum atomic E-state index is -0.0633. The van der Waals surface area contributed by atoms with Gasteiger partial charge in [-0.15, -0.1) is 0 Å². The first-order chi connectivity index (χ1) is 8.54. The predicted molar refractivity (Wildman–Crippen MR) is 70.3 cm³/mol. The quantitative estimate of drug-likeness (QED) is 0.806. The Balaban J connectivity index is 2.03. The van der Waals surface area contributed by atoms with Gasteiger partial charge in [-0.2, -0.15) is 5.10 Å². The Kier molecular flexibility index (Phi) is 3.59. The van der Waals surface area contributed by atoms with Crippen molar-refractivity contribution in [3.63, 3.8) is 0 Å². The number of carbonyl (C=O) groups is 1. The van der Waals surface area contributed by atoms with E-state index in [0.29, 0.717) is 6.54 Å². The fraction of sp³-hybridized carbons (Fsp3) is 0.692. The number of unbranched alkanes of at least 4 members (excludes halogenated alkanes) is 1. The van der Waals surface area contributed by atoms with E-state index < -0.39 is 0 Å². The third-order valence-corrected chi connectivity index (χ3v) is 3.44. The molecule has 1 aliphatic rings. The zero-order valence-electron chi connectivity index (χ0n) is 11.4. The average Bonchev–Trinajstić information content (AvgIpc) is 2.77. The Labute approximate surface area is 108 Å². The summed E-state index contributed by atoms with van der Waals surface area (Å²) in [5.74, 6) is 0. The van der Waals surface area contributed by atoms with Crippen LogP contribution in [0.25, 0.3) is 0 Å². The molecule has 0 spiro atoms. The van der Waals surface area contributed by atoms with Gasteiger partial charge < -0.3 is 10.2 Å². The number of fused-ring (bicyclic) bond motifs is 1. The molecule has 0 bridgehead atoms. The molecule has 0 radical (unpaired) electrons. The number of urea groups is 1. The van der Waals surface area contributed by atoms with E-state index in [1.165, 1.54) is 0 Å². The number of rotatable bonds is 3. The molecule has 2 rings (SSSR count). The van der Waals surface area contributed by atoms with Gasteiger partial charge in [0, 0.05) is 29.8 Å². The Morgan fingerprint density at radius 1 is 1.61 bits per heavy atom. The molecule has 0 saturated heterocycles. The molecule has 1 aliphatic heterocycles. The zero-order valence-corrected chi connectivity index (χ0v) is 11.4. The van der Waals surface area contributed by atoms with E-state index in [1.807, 2.05) is 11.1 Å². The number of amides is 2. The summed E-state index contributed by atoms with van der Waals surface area (Å²) in [4.78, 5) is 13.9. The second-order valence-corrected chi connectivity index (χ2v) is 5.60. The smallest absolute Gasteiger partial charge is 0.317 e. The Morgan fingerprint density at radius 3 is 3.11 bits per heavy atom. The molecule has 1 aromatic rings. The number of aromatic nitrogens is 2. The van der Waals surface area contributed by atoms with Crippen molar-refractivity contribution in [3.8, 4) is 0 Å². The van der Waals surface area contributed by atoms with Gasteiger partial charge >= 0.3 is 6.03 Å². The van der Waals surface area contributed by atoms with Crippen molar-refractivity contribution in [3.05, 3.63) is 17.5 Å². The van der Waals surface area contributed by atoms with Gasteiger partial charge in [-0.1, -0.05) is 27.2 Å². The lowest BCUT2D eigenvalue weighted by Crippen LogP contribution is -2.49. The first-order valence-corrected chi connectivity index (χ1v) is 6.60. The van der Waals surface area contributed by atoms with Gasteiger partial charge in [0.25, 0.3) is 0 Å². The molecule has 5 heteroatoms. The summed E-state index contributed by atoms with van der Waals surface area (Å²) in [6, 6.07) is 0.0309. The molecule has 2 N–H and O–H groups in total. The van der Waals surface area contributed by atoms with Crippen LogP contribution in [0.3, 0.4) is 0 Å². The van der Waals surface area contributed by atoms with Crippen LogP contribution in [0.2, 0.25) is 0 Å². The number of nitrogens with one attached hydrogen (secondary N) is 2. The van der Waals surface area contributed by atoms with Crippen molar-refractivity contribution in [2.75, 3.05) is 13.1 Å². The van der Waals surface area contributed by atoms with Crippen LogP contribution in [0.1, 0.15) is 44.9 Å². The van der Waals surface area contributed by atoms with Crippen molar-refractivity contribution in [2.24, 2.45) is 0 Å². The predicted octanol–water partition coefficient (Wildman–Crippen LogP) is 2.01. The Morgan fingerprint density at radius 2 is 2.39 bits per heavy atom. The second-order valence-electron chi connectivity index (χ2n) is 5.60. The number of hydrogen-bond donors (Lipinski definition) is 2. The van der Waals surface area contributed by atoms with E-state index >= 15 is 0 Å². The SMILES string of the molecule is CCCCNC(=O)N1Cc2cn[nH]c2C(C)(C)C1. The summed E-state index contributed by atoms with van der Waals surface area (Å²) in [5.41, 5.74) is 2.21. The lowest BCUT2D eigenvalue weighted by atomic mass is 9.83. The van der Waals surface area contributed by atoms with Gasteiger partial charge in [-0.3, -0.25) is 5.10 Å². The maximum absolute atomic E-state index is 12.1. The summed E-state index contributed by atoms with van der Waals surface area (Å²) in [6.45, 7) is 8.51. The van der Waals surface area contributed by atoms with E-state index in [1.54, 1.807) is 0 Å². The highest BCUT2D eigenvalue weighted by Gasteiger charge is 2.35. The number of nitrogens with zero attached hydrogens (tertiary/aromatic N) is 2. The molecule has 0 fully saturated rings. The molecule has 1 aromatic heterocycles. The highest BCUT2D eigenvalue weighted by Crippen LogP contribution is 2.31. The van der Waals surface area contributed by atoms with Crippen LogP contribution in [0.15, 0.2) is 6.20 Å². The Hall–Kier alpha value is -1.52. The van der Waals surface area contributed by atoms with E-state index in [-0.39, 0.29) is 11.4 Å². The van der Waals surface area contributed by atoms with Crippen LogP contribution in [0.5, 0.6) is 0 Å². The highest BCUT2D eigenvalue weighted by atomic mass is 16.2. The Bertz CT molecular complexity index is 424. The zero-order chi connectivity index (χ0) is 13.2. The molecule has 2 amide bonds. The minimum absolute atomic E-state index is 0.0309. The molecule has 0 unspecified atom stereocenters. The van der Waals surface area contributed by atoms with Gasteiger partial charge in [0.1, 0.15) is 0 Å². The first kappa shape index (κ1) is 12.9. The van der Waals surface area contributed by atoms with Crippen molar-refractivity contribution in [2.45, 2.75) is 45.6 Å². The molecule has 2 heterocycles. The van der Waals surface area contributed by atoms with Crippen molar-refractivity contribution in [1.82, 2.24) is 20.4 Å². The first-order valence-electron chi connectivity index (χ1n) is 6.60. The normalized spacial score (nSPS) is 17.4. The summed E-state index contributed by atoms with van der Waals surface area (Å²) in [5, 5.41) is 10.1. The van der Waals surface area contributed by atoms with Gasteiger partial charge in [0.15, 0.2) is 0 Å². The second kappa shape index (κ2) is 5.00. The van der Waals surface area contributed by atoms with Crippen molar-refractivity contribution in [1.29, 1.82) is 0 Å². The summed E-state index contributed by atoms with van der Waals surface area (Å²) in [6.07, 6.45) is 3.94. The van der Waals surface area contributed by atoms with Crippen LogP contribution in [0, 0.1) is 0 Å². The largest absolute Gasteiger partial charge is 0.338 e. The lowest BCUT2D eigenvalue weighted by Gasteiger charge is -2.37. The van der Waals surface area contributed by atoms with Gasteiger partial charge in [-0.05, 0) is 6.42 Å². The molecule has 0 atom stereocenters. The standard InChI is InChI=1S/C13H22N4O/c1-4-5-6-14-12(18)17-8-10-7-15-16-11(10)13(2,3)9-17/h7H,4-6,8-9H2,1-3H3,(H,14,18)(H,15,16). The summed E-state index contributed by atoms with van der Waals surface area (Å²) in [7, 11) is 0. The van der Waals surface area contributed by atoms with E-state index in [2.05, 4.69) is 36.3 Å². The molecular weight excluding hydrogens is 228 g/mol. The molecule has 18 heavy (non-hydrogen) atoms. The molecule has 100 valence electrons. The molecule has 0 aliphatic carbocycles. The summed E-state index contributed by atoms with van der Waals surface area (Å²) < 4.78 is 0. The van der Waals surface area contributed by atoms with Crippen LogP contribution < -0.4 is 5.32 Å². The maximum atomic E-state index is 12.1. The maximum Gasteiger partial charge on any atom is 0.317 e. The van der Waals surface area contributed by atoms with E-state index in [4.69, 9.17) is 0 Å². The number of carbonyl (C=O) groups excluding carboxylic acids is 1. The fourth-order valence-electron chi connectivity index (χ4n) is 2.46. The fourth-order valence-corrected chi connectivity index (χ4v) is 2.46.